The van der Waals surface area contributed by atoms with Crippen LogP contribution < -0.4 is 9.64 Å². The van der Waals surface area contributed by atoms with Crippen molar-refractivity contribution in [2.45, 2.75) is 20.0 Å². The number of rotatable bonds is 5. The second-order valence-electron chi connectivity index (χ2n) is 7.66. The van der Waals surface area contributed by atoms with Crippen LogP contribution in [0.1, 0.15) is 12.5 Å². The predicted octanol–water partition coefficient (Wildman–Crippen LogP) is 3.71. The van der Waals surface area contributed by atoms with E-state index in [1.54, 1.807) is 19.1 Å². The van der Waals surface area contributed by atoms with Gasteiger partial charge in [-0.2, -0.15) is 0 Å². The highest BCUT2D eigenvalue weighted by molar-refractivity contribution is 5.81. The molecule has 1 aliphatic rings. The van der Waals surface area contributed by atoms with Gasteiger partial charge >= 0.3 is 0 Å². The van der Waals surface area contributed by atoms with Crippen molar-refractivity contribution in [2.75, 3.05) is 31.1 Å². The smallest absolute Gasteiger partial charge is 0.263 e. The summed E-state index contributed by atoms with van der Waals surface area (Å²) in [7, 11) is 0. The molecule has 1 aromatic heterocycles. The number of anilines is 1. The van der Waals surface area contributed by atoms with Crippen LogP contribution in [0.2, 0.25) is 0 Å². The van der Waals surface area contributed by atoms with Gasteiger partial charge in [0.15, 0.2) is 6.10 Å². The molecule has 0 N–H and O–H groups in total. The SMILES string of the molecule is Cc1cccc(OC(C)C(=O)N2CCN(c3cc(-c4ccc(F)cc4)ncn3)CC2)c1. The van der Waals surface area contributed by atoms with Gasteiger partial charge in [-0.15, -0.1) is 0 Å². The Morgan fingerprint density at radius 2 is 1.77 bits per heavy atom. The second-order valence-corrected chi connectivity index (χ2v) is 7.66. The Hall–Kier alpha value is -3.48. The molecule has 1 fully saturated rings. The Kier molecular flexibility index (Phi) is 6.11. The fraction of sp³-hybridized carbons (Fsp3) is 0.292. The lowest BCUT2D eigenvalue weighted by Gasteiger charge is -2.36. The zero-order valence-electron chi connectivity index (χ0n) is 17.7. The second kappa shape index (κ2) is 9.12. The van der Waals surface area contributed by atoms with Crippen molar-refractivity contribution >= 4 is 11.7 Å². The molecule has 6 nitrogen and oxygen atoms in total. The molecule has 1 saturated heterocycles. The third-order valence-corrected chi connectivity index (χ3v) is 5.36. The van der Waals surface area contributed by atoms with Gasteiger partial charge in [0.2, 0.25) is 0 Å². The molecule has 4 rings (SSSR count). The van der Waals surface area contributed by atoms with E-state index in [0.29, 0.717) is 31.9 Å². The summed E-state index contributed by atoms with van der Waals surface area (Å²) in [5, 5.41) is 0. The molecular formula is C24H25FN4O2. The molecule has 0 spiro atoms. The van der Waals surface area contributed by atoms with Crippen molar-refractivity contribution in [2.24, 2.45) is 0 Å². The van der Waals surface area contributed by atoms with E-state index >= 15 is 0 Å². The Morgan fingerprint density at radius 3 is 2.48 bits per heavy atom. The van der Waals surface area contributed by atoms with E-state index < -0.39 is 6.10 Å². The van der Waals surface area contributed by atoms with E-state index in [0.717, 1.165) is 22.6 Å². The van der Waals surface area contributed by atoms with Crippen LogP contribution >= 0.6 is 0 Å². The third-order valence-electron chi connectivity index (χ3n) is 5.36. The Labute approximate surface area is 181 Å². The van der Waals surface area contributed by atoms with Crippen LogP contribution in [0.25, 0.3) is 11.3 Å². The monoisotopic (exact) mass is 420 g/mol. The zero-order chi connectivity index (χ0) is 21.8. The summed E-state index contributed by atoms with van der Waals surface area (Å²) in [4.78, 5) is 25.5. The lowest BCUT2D eigenvalue weighted by molar-refractivity contribution is -0.138. The van der Waals surface area contributed by atoms with Crippen LogP contribution in [0.3, 0.4) is 0 Å². The van der Waals surface area contributed by atoms with Gasteiger partial charge < -0.3 is 14.5 Å². The fourth-order valence-corrected chi connectivity index (χ4v) is 3.65. The van der Waals surface area contributed by atoms with Gasteiger partial charge in [0.1, 0.15) is 23.7 Å². The summed E-state index contributed by atoms with van der Waals surface area (Å²) < 4.78 is 19.0. The van der Waals surface area contributed by atoms with E-state index in [2.05, 4.69) is 14.9 Å². The number of amides is 1. The molecule has 2 heterocycles. The standard InChI is InChI=1S/C24H25FN4O2/c1-17-4-3-5-21(14-17)31-18(2)24(30)29-12-10-28(11-13-29)23-15-22(26-16-27-23)19-6-8-20(25)9-7-19/h3-9,14-16,18H,10-13H2,1-2H3. The minimum atomic E-state index is -0.544. The van der Waals surface area contributed by atoms with Gasteiger partial charge in [-0.3, -0.25) is 4.79 Å². The number of piperazine rings is 1. The van der Waals surface area contributed by atoms with Crippen LogP contribution in [0.4, 0.5) is 10.2 Å². The van der Waals surface area contributed by atoms with Crippen molar-refractivity contribution < 1.29 is 13.9 Å². The minimum absolute atomic E-state index is 0.0177. The number of hydrogen-bond donors (Lipinski definition) is 0. The summed E-state index contributed by atoms with van der Waals surface area (Å²) in [6.45, 7) is 6.31. The highest BCUT2D eigenvalue weighted by atomic mass is 19.1. The van der Waals surface area contributed by atoms with Crippen molar-refractivity contribution in [3.05, 3.63) is 72.3 Å². The van der Waals surface area contributed by atoms with Gasteiger partial charge in [-0.05, 0) is 55.8 Å². The number of carbonyl (C=O) groups excluding carboxylic acids is 1. The van der Waals surface area contributed by atoms with E-state index in [9.17, 15) is 9.18 Å². The van der Waals surface area contributed by atoms with Crippen molar-refractivity contribution in [3.63, 3.8) is 0 Å². The summed E-state index contributed by atoms with van der Waals surface area (Å²) in [5.74, 6) is 1.20. The molecule has 0 saturated carbocycles. The topological polar surface area (TPSA) is 58.6 Å². The number of ether oxygens (including phenoxy) is 1. The highest BCUT2D eigenvalue weighted by Crippen LogP contribution is 2.22. The van der Waals surface area contributed by atoms with E-state index in [1.807, 2.05) is 42.2 Å². The van der Waals surface area contributed by atoms with E-state index in [1.165, 1.54) is 18.5 Å². The average molecular weight is 420 g/mol. The highest BCUT2D eigenvalue weighted by Gasteiger charge is 2.26. The minimum Gasteiger partial charge on any atom is -0.481 e. The van der Waals surface area contributed by atoms with E-state index in [-0.39, 0.29) is 11.7 Å². The molecule has 0 aliphatic carbocycles. The molecule has 160 valence electrons. The molecule has 7 heteroatoms. The Balaban J connectivity index is 1.36. The lowest BCUT2D eigenvalue weighted by Crippen LogP contribution is -2.52. The maximum atomic E-state index is 13.2. The summed E-state index contributed by atoms with van der Waals surface area (Å²) >= 11 is 0. The maximum absolute atomic E-state index is 13.2. The number of aryl methyl sites for hydroxylation is 1. The predicted molar refractivity (Wildman–Crippen MR) is 117 cm³/mol. The number of carbonyl (C=O) groups is 1. The van der Waals surface area contributed by atoms with Crippen LogP contribution in [-0.2, 0) is 4.79 Å². The third kappa shape index (κ3) is 4.99. The van der Waals surface area contributed by atoms with Crippen molar-refractivity contribution in [1.82, 2.24) is 14.9 Å². The number of nitrogens with zero attached hydrogens (tertiary/aromatic N) is 4. The lowest BCUT2D eigenvalue weighted by atomic mass is 10.1. The van der Waals surface area contributed by atoms with Crippen LogP contribution in [-0.4, -0.2) is 53.1 Å². The zero-order valence-corrected chi connectivity index (χ0v) is 17.7. The van der Waals surface area contributed by atoms with Crippen LogP contribution in [0.5, 0.6) is 5.75 Å². The summed E-state index contributed by atoms with van der Waals surface area (Å²) in [6.07, 6.45) is 0.973. The number of hydrogen-bond acceptors (Lipinski definition) is 5. The normalized spacial score (nSPS) is 14.9. The van der Waals surface area contributed by atoms with Gasteiger partial charge in [0.25, 0.3) is 5.91 Å². The molecule has 0 bridgehead atoms. The van der Waals surface area contributed by atoms with E-state index in [4.69, 9.17) is 4.74 Å². The quantitative estimate of drug-likeness (QED) is 0.630. The van der Waals surface area contributed by atoms with Crippen molar-refractivity contribution in [1.29, 1.82) is 0 Å². The average Bonchev–Trinajstić information content (AvgIpc) is 2.79. The largest absolute Gasteiger partial charge is 0.481 e. The molecule has 31 heavy (non-hydrogen) atoms. The Bertz CT molecular complexity index is 1050. The molecule has 1 amide bonds. The van der Waals surface area contributed by atoms with Gasteiger partial charge in [0.05, 0.1) is 5.69 Å². The summed E-state index contributed by atoms with van der Waals surface area (Å²) in [5.41, 5.74) is 2.67. The first-order valence-electron chi connectivity index (χ1n) is 10.3. The van der Waals surface area contributed by atoms with Gasteiger partial charge in [-0.25, -0.2) is 14.4 Å². The molecule has 3 aromatic rings. The fourth-order valence-electron chi connectivity index (χ4n) is 3.65. The maximum Gasteiger partial charge on any atom is 0.263 e. The molecule has 1 atom stereocenters. The number of aromatic nitrogens is 2. The van der Waals surface area contributed by atoms with Crippen LogP contribution in [0.15, 0.2) is 60.9 Å². The molecule has 2 aromatic carbocycles. The molecular weight excluding hydrogens is 395 g/mol. The number of benzene rings is 2. The van der Waals surface area contributed by atoms with Crippen LogP contribution in [0, 0.1) is 12.7 Å². The first-order valence-corrected chi connectivity index (χ1v) is 10.3. The molecule has 1 aliphatic heterocycles. The van der Waals surface area contributed by atoms with Gasteiger partial charge in [0, 0.05) is 37.8 Å². The molecule has 1 unspecified atom stereocenters. The van der Waals surface area contributed by atoms with Crippen molar-refractivity contribution in [3.8, 4) is 17.0 Å². The Morgan fingerprint density at radius 1 is 1.03 bits per heavy atom. The first kappa shape index (κ1) is 20.8. The summed E-state index contributed by atoms with van der Waals surface area (Å²) in [6, 6.07) is 15.8. The number of halogens is 1. The first-order chi connectivity index (χ1) is 15.0. The van der Waals surface area contributed by atoms with Gasteiger partial charge in [-0.1, -0.05) is 12.1 Å². The molecule has 0 radical (unpaired) electrons.